The first kappa shape index (κ1) is 28.1. The molecule has 0 aromatic heterocycles. The highest BCUT2D eigenvalue weighted by Crippen LogP contribution is 2.30. The summed E-state index contributed by atoms with van der Waals surface area (Å²) in [6, 6.07) is 10.7. The van der Waals surface area contributed by atoms with Crippen LogP contribution in [-0.2, 0) is 26.2 Å². The van der Waals surface area contributed by atoms with Gasteiger partial charge in [0.1, 0.15) is 18.3 Å². The first-order valence-electron chi connectivity index (χ1n) is 11.7. The molecule has 0 radical (unpaired) electrons. The van der Waals surface area contributed by atoms with Gasteiger partial charge in [0.05, 0.1) is 24.1 Å². The molecular weight excluding hydrogens is 525 g/mol. The third-order valence-electron chi connectivity index (χ3n) is 6.27. The van der Waals surface area contributed by atoms with E-state index in [0.29, 0.717) is 16.3 Å². The molecule has 11 heteroatoms. The zero-order valence-corrected chi connectivity index (χ0v) is 22.9. The zero-order valence-electron chi connectivity index (χ0n) is 20.5. The molecule has 1 saturated carbocycles. The Kier molecular flexibility index (Phi) is 9.49. The third kappa shape index (κ3) is 7.05. The highest BCUT2D eigenvalue weighted by Gasteiger charge is 2.31. The van der Waals surface area contributed by atoms with E-state index in [4.69, 9.17) is 27.9 Å². The fourth-order valence-electron chi connectivity index (χ4n) is 4.21. The van der Waals surface area contributed by atoms with Gasteiger partial charge in [-0.3, -0.25) is 13.9 Å². The number of benzene rings is 2. The summed E-state index contributed by atoms with van der Waals surface area (Å²) in [7, 11) is -2.42. The van der Waals surface area contributed by atoms with Crippen molar-refractivity contribution in [3.05, 3.63) is 58.1 Å². The maximum absolute atomic E-state index is 13.6. The first-order chi connectivity index (χ1) is 17.0. The summed E-state index contributed by atoms with van der Waals surface area (Å²) in [5.41, 5.74) is 0.851. The average Bonchev–Trinajstić information content (AvgIpc) is 3.33. The maximum atomic E-state index is 13.6. The Bertz CT molecular complexity index is 1200. The average molecular weight is 557 g/mol. The standard InChI is InChI=1S/C25H31Cl2N3O5S/c1-17(25(32)28-19-9-5-6-10-19)29(15-18-8-4-7-11-21(18)26)24(31)16-30(36(3,33)34)20-12-13-23(35-2)22(27)14-20/h4,7-8,11-14,17,19H,5-6,9-10,15-16H2,1-3H3,(H,28,32)/t17-/m1/s1. The number of hydrogen-bond donors (Lipinski definition) is 1. The van der Waals surface area contributed by atoms with Crippen LogP contribution in [0.15, 0.2) is 42.5 Å². The van der Waals surface area contributed by atoms with E-state index in [1.807, 2.05) is 0 Å². The topological polar surface area (TPSA) is 96.0 Å². The Morgan fingerprint density at radius 1 is 1.11 bits per heavy atom. The normalized spacial score (nSPS) is 14.8. The Morgan fingerprint density at radius 3 is 2.36 bits per heavy atom. The van der Waals surface area contributed by atoms with Gasteiger partial charge in [-0.05, 0) is 49.6 Å². The van der Waals surface area contributed by atoms with Gasteiger partial charge in [0, 0.05) is 17.6 Å². The van der Waals surface area contributed by atoms with Crippen molar-refractivity contribution < 1.29 is 22.7 Å². The number of halogens is 2. The van der Waals surface area contributed by atoms with Gasteiger partial charge in [0.15, 0.2) is 0 Å². The van der Waals surface area contributed by atoms with Crippen LogP contribution in [0.3, 0.4) is 0 Å². The van der Waals surface area contributed by atoms with Crippen molar-refractivity contribution in [3.63, 3.8) is 0 Å². The number of methoxy groups -OCH3 is 1. The number of carbonyl (C=O) groups is 2. The Hall–Kier alpha value is -2.49. The molecule has 2 amide bonds. The second kappa shape index (κ2) is 12.2. The molecule has 36 heavy (non-hydrogen) atoms. The van der Waals surface area contributed by atoms with E-state index in [2.05, 4.69) is 5.32 Å². The summed E-state index contributed by atoms with van der Waals surface area (Å²) in [4.78, 5) is 28.1. The predicted molar refractivity (Wildman–Crippen MR) is 142 cm³/mol. The number of nitrogens with one attached hydrogen (secondary N) is 1. The lowest BCUT2D eigenvalue weighted by Crippen LogP contribution is -2.52. The summed E-state index contributed by atoms with van der Waals surface area (Å²) >= 11 is 12.6. The molecular formula is C25H31Cl2N3O5S. The fourth-order valence-corrected chi connectivity index (χ4v) is 5.50. The molecule has 0 saturated heterocycles. The van der Waals surface area contributed by atoms with E-state index in [1.165, 1.54) is 30.2 Å². The number of sulfonamides is 1. The molecule has 0 unspecified atom stereocenters. The number of rotatable bonds is 10. The number of amides is 2. The van der Waals surface area contributed by atoms with E-state index in [1.54, 1.807) is 31.2 Å². The van der Waals surface area contributed by atoms with Gasteiger partial charge in [-0.1, -0.05) is 54.2 Å². The molecule has 0 spiro atoms. The lowest BCUT2D eigenvalue weighted by Gasteiger charge is -2.32. The number of carbonyl (C=O) groups excluding carboxylic acids is 2. The van der Waals surface area contributed by atoms with Crippen molar-refractivity contribution in [3.8, 4) is 5.75 Å². The van der Waals surface area contributed by atoms with Gasteiger partial charge in [0.25, 0.3) is 0 Å². The van der Waals surface area contributed by atoms with Crippen LogP contribution in [0.25, 0.3) is 0 Å². The van der Waals surface area contributed by atoms with Crippen molar-refractivity contribution in [2.45, 2.75) is 51.2 Å². The number of hydrogen-bond acceptors (Lipinski definition) is 5. The molecule has 0 bridgehead atoms. The van der Waals surface area contributed by atoms with Gasteiger partial charge in [-0.2, -0.15) is 0 Å². The molecule has 1 atom stereocenters. The van der Waals surface area contributed by atoms with Crippen LogP contribution in [-0.4, -0.2) is 57.1 Å². The van der Waals surface area contributed by atoms with Gasteiger partial charge in [-0.25, -0.2) is 8.42 Å². The minimum atomic E-state index is -3.87. The largest absolute Gasteiger partial charge is 0.495 e. The minimum absolute atomic E-state index is 0.0404. The number of anilines is 1. The maximum Gasteiger partial charge on any atom is 0.244 e. The van der Waals surface area contributed by atoms with E-state index >= 15 is 0 Å². The van der Waals surface area contributed by atoms with Gasteiger partial charge >= 0.3 is 0 Å². The first-order valence-corrected chi connectivity index (χ1v) is 14.3. The quantitative estimate of drug-likeness (QED) is 0.472. The van der Waals surface area contributed by atoms with Crippen molar-refractivity contribution in [1.29, 1.82) is 0 Å². The lowest BCUT2D eigenvalue weighted by atomic mass is 10.1. The second-order valence-corrected chi connectivity index (χ2v) is 11.6. The summed E-state index contributed by atoms with van der Waals surface area (Å²) in [6.45, 7) is 1.15. The number of nitrogens with zero attached hydrogens (tertiary/aromatic N) is 2. The fraction of sp³-hybridized carbons (Fsp3) is 0.440. The van der Waals surface area contributed by atoms with E-state index in [-0.39, 0.29) is 29.2 Å². The van der Waals surface area contributed by atoms with E-state index in [0.717, 1.165) is 36.2 Å². The summed E-state index contributed by atoms with van der Waals surface area (Å²) in [5, 5.41) is 3.67. The van der Waals surface area contributed by atoms with Crippen LogP contribution in [0.1, 0.15) is 38.2 Å². The van der Waals surface area contributed by atoms with Gasteiger partial charge in [0.2, 0.25) is 21.8 Å². The highest BCUT2D eigenvalue weighted by atomic mass is 35.5. The van der Waals surface area contributed by atoms with Crippen LogP contribution >= 0.6 is 23.2 Å². The molecule has 1 aliphatic carbocycles. The van der Waals surface area contributed by atoms with Crippen molar-refractivity contribution in [1.82, 2.24) is 10.2 Å². The van der Waals surface area contributed by atoms with Gasteiger partial charge < -0.3 is 15.0 Å². The van der Waals surface area contributed by atoms with E-state index in [9.17, 15) is 18.0 Å². The molecule has 1 fully saturated rings. The summed E-state index contributed by atoms with van der Waals surface area (Å²) in [6.07, 6.45) is 4.91. The predicted octanol–water partition coefficient (Wildman–Crippen LogP) is 4.24. The molecule has 1 N–H and O–H groups in total. The van der Waals surface area contributed by atoms with E-state index < -0.39 is 28.5 Å². The molecule has 2 aromatic rings. The number of ether oxygens (including phenoxy) is 1. The SMILES string of the molecule is COc1ccc(N(CC(=O)N(Cc2ccccc2Cl)[C@H](C)C(=O)NC2CCCC2)S(C)(=O)=O)cc1Cl. The molecule has 196 valence electrons. The molecule has 0 heterocycles. The summed E-state index contributed by atoms with van der Waals surface area (Å²) < 4.78 is 31.5. The van der Waals surface area contributed by atoms with Crippen molar-refractivity contribution >= 4 is 50.7 Å². The molecule has 0 aliphatic heterocycles. The van der Waals surface area contributed by atoms with Crippen LogP contribution < -0.4 is 14.4 Å². The highest BCUT2D eigenvalue weighted by molar-refractivity contribution is 7.92. The Morgan fingerprint density at radius 2 is 1.78 bits per heavy atom. The zero-order chi connectivity index (χ0) is 26.5. The lowest BCUT2D eigenvalue weighted by molar-refractivity contribution is -0.139. The van der Waals surface area contributed by atoms with Gasteiger partial charge in [-0.15, -0.1) is 0 Å². The smallest absolute Gasteiger partial charge is 0.244 e. The second-order valence-electron chi connectivity index (χ2n) is 8.87. The van der Waals surface area contributed by atoms with Crippen LogP contribution in [0.4, 0.5) is 5.69 Å². The molecule has 3 rings (SSSR count). The molecule has 8 nitrogen and oxygen atoms in total. The van der Waals surface area contributed by atoms with Crippen molar-refractivity contribution in [2.75, 3.05) is 24.2 Å². The van der Waals surface area contributed by atoms with Crippen LogP contribution in [0.2, 0.25) is 10.0 Å². The van der Waals surface area contributed by atoms with Crippen LogP contribution in [0, 0.1) is 0 Å². The minimum Gasteiger partial charge on any atom is -0.495 e. The molecule has 1 aliphatic rings. The summed E-state index contributed by atoms with van der Waals surface area (Å²) in [5.74, 6) is -0.472. The van der Waals surface area contributed by atoms with Crippen molar-refractivity contribution in [2.24, 2.45) is 0 Å². The molecule has 2 aromatic carbocycles. The van der Waals surface area contributed by atoms with Crippen LogP contribution in [0.5, 0.6) is 5.75 Å². The monoisotopic (exact) mass is 555 g/mol. The third-order valence-corrected chi connectivity index (χ3v) is 8.07. The Balaban J connectivity index is 1.91. The Labute approximate surface area is 222 Å².